The highest BCUT2D eigenvalue weighted by Crippen LogP contribution is 2.46. The van der Waals surface area contributed by atoms with Crippen molar-refractivity contribution in [1.29, 1.82) is 0 Å². The van der Waals surface area contributed by atoms with Gasteiger partial charge in [-0.3, -0.25) is 4.90 Å². The highest BCUT2D eigenvalue weighted by Gasteiger charge is 2.49. The van der Waals surface area contributed by atoms with Crippen molar-refractivity contribution in [1.82, 2.24) is 25.2 Å². The highest BCUT2D eigenvalue weighted by molar-refractivity contribution is 5.97. The minimum absolute atomic E-state index is 0.0641. The second-order valence-electron chi connectivity index (χ2n) is 12.1. The van der Waals surface area contributed by atoms with E-state index in [2.05, 4.69) is 25.2 Å². The van der Waals surface area contributed by atoms with Crippen LogP contribution in [-0.2, 0) is 6.18 Å². The summed E-state index contributed by atoms with van der Waals surface area (Å²) in [6.07, 6.45) is -4.70. The predicted octanol–water partition coefficient (Wildman–Crippen LogP) is 4.39. The quantitative estimate of drug-likeness (QED) is 0.324. The molecule has 1 unspecified atom stereocenters. The van der Waals surface area contributed by atoms with Crippen LogP contribution in [0.1, 0.15) is 37.3 Å². The zero-order chi connectivity index (χ0) is 31.1. The standard InChI is InChI=1S/C29H31F6N7O2/c1-13-20(29(33,34)35)16(8-17(36)21(13)31)23-22(32)24-19-25(42-7-5-37-10-18(42)14(2)44-26(19)38-23)40-27(39-24)43-12-28-4-3-6-41(28)11-15(30)9-28/h8,14-15,18,37H,3-7,9-12,36H2,1-2H3/t14-,15?,18-,28-/m0/s1. The number of pyridine rings is 1. The van der Waals surface area contributed by atoms with Crippen molar-refractivity contribution in [3.05, 3.63) is 28.8 Å². The van der Waals surface area contributed by atoms with Crippen LogP contribution in [0.25, 0.3) is 22.2 Å². The van der Waals surface area contributed by atoms with Crippen LogP contribution in [0, 0.1) is 18.6 Å². The molecule has 1 aromatic carbocycles. The lowest BCUT2D eigenvalue weighted by Crippen LogP contribution is -2.56. The van der Waals surface area contributed by atoms with Gasteiger partial charge in [-0.2, -0.15) is 23.1 Å². The molecular weight excluding hydrogens is 592 g/mol. The fourth-order valence-electron chi connectivity index (χ4n) is 7.32. The molecule has 0 spiro atoms. The van der Waals surface area contributed by atoms with Crippen LogP contribution in [0.2, 0.25) is 0 Å². The second kappa shape index (κ2) is 10.2. The second-order valence-corrected chi connectivity index (χ2v) is 12.1. The van der Waals surface area contributed by atoms with E-state index >= 15 is 4.39 Å². The van der Waals surface area contributed by atoms with Crippen molar-refractivity contribution in [3.8, 4) is 23.1 Å². The molecule has 3 saturated heterocycles. The van der Waals surface area contributed by atoms with E-state index < -0.39 is 63.7 Å². The summed E-state index contributed by atoms with van der Waals surface area (Å²) in [7, 11) is 0. The first kappa shape index (κ1) is 29.1. The van der Waals surface area contributed by atoms with Gasteiger partial charge in [0.15, 0.2) is 5.82 Å². The first-order valence-electron chi connectivity index (χ1n) is 14.6. The topological polar surface area (TPSA) is 102 Å². The van der Waals surface area contributed by atoms with Crippen molar-refractivity contribution in [2.45, 2.75) is 63.1 Å². The number of ether oxygens (including phenoxy) is 2. The number of anilines is 2. The number of fused-ring (bicyclic) bond motifs is 3. The average Bonchev–Trinajstić information content (AvgIpc) is 3.46. The van der Waals surface area contributed by atoms with E-state index in [1.807, 2.05) is 4.90 Å². The summed E-state index contributed by atoms with van der Waals surface area (Å²) in [5.74, 6) is -2.33. The number of nitrogens with one attached hydrogen (secondary N) is 1. The number of rotatable bonds is 4. The molecule has 0 bridgehead atoms. The molecule has 4 aliphatic rings. The molecule has 236 valence electrons. The molecule has 7 rings (SSSR count). The van der Waals surface area contributed by atoms with Gasteiger partial charge in [-0.25, -0.2) is 18.2 Å². The molecule has 0 amide bonds. The molecule has 0 saturated carbocycles. The van der Waals surface area contributed by atoms with Crippen molar-refractivity contribution < 1.29 is 35.8 Å². The molecular formula is C29H31F6N7O2. The molecule has 44 heavy (non-hydrogen) atoms. The Bertz CT molecular complexity index is 1660. The monoisotopic (exact) mass is 623 g/mol. The van der Waals surface area contributed by atoms with Crippen LogP contribution in [-0.4, -0.2) is 83.0 Å². The third-order valence-electron chi connectivity index (χ3n) is 9.40. The molecule has 3 N–H and O–H groups in total. The van der Waals surface area contributed by atoms with Gasteiger partial charge in [0.25, 0.3) is 0 Å². The van der Waals surface area contributed by atoms with E-state index in [1.165, 1.54) is 0 Å². The fraction of sp³-hybridized carbons (Fsp3) is 0.552. The fourth-order valence-corrected chi connectivity index (χ4v) is 7.32. The van der Waals surface area contributed by atoms with E-state index in [4.69, 9.17) is 15.2 Å². The van der Waals surface area contributed by atoms with Crippen LogP contribution in [0.3, 0.4) is 0 Å². The van der Waals surface area contributed by atoms with Gasteiger partial charge in [0, 0.05) is 38.2 Å². The Morgan fingerprint density at radius 1 is 1.18 bits per heavy atom. The molecule has 3 aromatic rings. The molecule has 9 nitrogen and oxygen atoms in total. The number of nitrogens with zero attached hydrogens (tertiary/aromatic N) is 5. The largest absolute Gasteiger partial charge is 0.472 e. The first-order chi connectivity index (χ1) is 20.9. The van der Waals surface area contributed by atoms with Gasteiger partial charge < -0.3 is 25.4 Å². The molecule has 6 heterocycles. The van der Waals surface area contributed by atoms with Crippen LogP contribution in [0.15, 0.2) is 6.07 Å². The van der Waals surface area contributed by atoms with E-state index in [-0.39, 0.29) is 47.7 Å². The minimum atomic E-state index is -5.06. The molecule has 2 aromatic heterocycles. The van der Waals surface area contributed by atoms with Gasteiger partial charge in [-0.15, -0.1) is 0 Å². The molecule has 0 radical (unpaired) electrons. The molecule has 4 aliphatic heterocycles. The summed E-state index contributed by atoms with van der Waals surface area (Å²) >= 11 is 0. The van der Waals surface area contributed by atoms with E-state index in [0.29, 0.717) is 26.2 Å². The Morgan fingerprint density at radius 2 is 1.98 bits per heavy atom. The van der Waals surface area contributed by atoms with Gasteiger partial charge >= 0.3 is 12.2 Å². The number of benzene rings is 1. The lowest BCUT2D eigenvalue weighted by atomic mass is 9.95. The molecule has 0 aliphatic carbocycles. The Labute approximate surface area is 248 Å². The first-order valence-corrected chi connectivity index (χ1v) is 14.6. The third-order valence-corrected chi connectivity index (χ3v) is 9.40. The van der Waals surface area contributed by atoms with Gasteiger partial charge in [0.1, 0.15) is 47.1 Å². The van der Waals surface area contributed by atoms with Crippen LogP contribution in [0.4, 0.5) is 37.8 Å². The molecule has 4 atom stereocenters. The third kappa shape index (κ3) is 4.49. The number of alkyl halides is 4. The normalized spacial score (nSPS) is 26.8. The molecule has 15 heteroatoms. The predicted molar refractivity (Wildman–Crippen MR) is 149 cm³/mol. The Morgan fingerprint density at radius 3 is 2.75 bits per heavy atom. The van der Waals surface area contributed by atoms with E-state index in [0.717, 1.165) is 32.4 Å². The lowest BCUT2D eigenvalue weighted by molar-refractivity contribution is -0.137. The smallest absolute Gasteiger partial charge is 0.417 e. The summed E-state index contributed by atoms with van der Waals surface area (Å²) in [5, 5.41) is 3.37. The SMILES string of the molecule is Cc1c(F)c(N)cc(-c2nc3c4c(nc(OC[C@@]56CCCN5CC(F)C6)nc4c2F)N2CCNC[C@H]2[C@H](C)O3)c1C(F)(F)F. The number of aromatic nitrogens is 3. The van der Waals surface area contributed by atoms with Crippen LogP contribution < -0.4 is 25.4 Å². The molecule has 3 fully saturated rings. The maximum atomic E-state index is 16.6. The number of piperazine rings is 1. The van der Waals surface area contributed by atoms with E-state index in [1.54, 1.807) is 6.92 Å². The number of hydrogen-bond acceptors (Lipinski definition) is 9. The number of nitrogens with two attached hydrogens (primary N) is 1. The summed E-state index contributed by atoms with van der Waals surface area (Å²) in [5.41, 5.74) is 0.557. The number of nitrogen functional groups attached to an aromatic ring is 1. The number of hydrogen-bond donors (Lipinski definition) is 2. The van der Waals surface area contributed by atoms with Crippen molar-refractivity contribution in [2.24, 2.45) is 0 Å². The zero-order valence-corrected chi connectivity index (χ0v) is 24.1. The summed E-state index contributed by atoms with van der Waals surface area (Å²) in [4.78, 5) is 17.2. The minimum Gasteiger partial charge on any atom is -0.472 e. The van der Waals surface area contributed by atoms with Gasteiger partial charge in [0.05, 0.1) is 22.8 Å². The van der Waals surface area contributed by atoms with Gasteiger partial charge in [-0.05, 0) is 44.9 Å². The average molecular weight is 624 g/mol. The number of halogens is 6. The van der Waals surface area contributed by atoms with Crippen molar-refractivity contribution in [2.75, 3.05) is 50.0 Å². The van der Waals surface area contributed by atoms with Gasteiger partial charge in [0.2, 0.25) is 5.88 Å². The van der Waals surface area contributed by atoms with Crippen LogP contribution in [0.5, 0.6) is 11.9 Å². The maximum Gasteiger partial charge on any atom is 0.417 e. The Balaban J connectivity index is 1.43. The van der Waals surface area contributed by atoms with Crippen LogP contribution >= 0.6 is 0 Å². The highest BCUT2D eigenvalue weighted by atomic mass is 19.4. The van der Waals surface area contributed by atoms with Crippen molar-refractivity contribution in [3.63, 3.8) is 0 Å². The summed E-state index contributed by atoms with van der Waals surface area (Å²) < 4.78 is 101. The lowest BCUT2D eigenvalue weighted by Gasteiger charge is -2.38. The Kier molecular flexibility index (Phi) is 6.77. The summed E-state index contributed by atoms with van der Waals surface area (Å²) in [6, 6.07) is 0.245. The summed E-state index contributed by atoms with van der Waals surface area (Å²) in [6.45, 7) is 5.37. The van der Waals surface area contributed by atoms with E-state index in [9.17, 15) is 22.0 Å². The Hall–Kier alpha value is -3.59. The maximum absolute atomic E-state index is 16.6. The zero-order valence-electron chi connectivity index (χ0n) is 24.1. The van der Waals surface area contributed by atoms with Gasteiger partial charge in [-0.1, -0.05) is 0 Å². The van der Waals surface area contributed by atoms with Crippen molar-refractivity contribution >= 4 is 22.4 Å².